The topological polar surface area (TPSA) is 68.8 Å². The second kappa shape index (κ2) is 10.4. The Labute approximate surface area is 184 Å². The zero-order chi connectivity index (χ0) is 21.5. The molecule has 164 valence electrons. The molecule has 1 unspecified atom stereocenters. The third-order valence-corrected chi connectivity index (χ3v) is 6.22. The Morgan fingerprint density at radius 3 is 2.48 bits per heavy atom. The highest BCUT2D eigenvalue weighted by molar-refractivity contribution is 5.89. The molecule has 3 heterocycles. The van der Waals surface area contributed by atoms with Crippen molar-refractivity contribution in [1.82, 2.24) is 20.1 Å². The van der Waals surface area contributed by atoms with Crippen LogP contribution in [0.1, 0.15) is 18.4 Å². The van der Waals surface area contributed by atoms with Crippen LogP contribution in [0.5, 0.6) is 0 Å². The van der Waals surface area contributed by atoms with Gasteiger partial charge in [-0.2, -0.15) is 0 Å². The number of carbonyl (C=O) groups excluding carboxylic acids is 2. The molecule has 7 heteroatoms. The molecule has 2 aromatic rings. The van der Waals surface area contributed by atoms with Gasteiger partial charge >= 0.3 is 0 Å². The van der Waals surface area contributed by atoms with Gasteiger partial charge in [-0.25, -0.2) is 0 Å². The minimum absolute atomic E-state index is 0.0188. The molecule has 0 radical (unpaired) electrons. The van der Waals surface area contributed by atoms with Crippen LogP contribution in [0.3, 0.4) is 0 Å². The molecular formula is C24H31N5O2. The molecule has 2 fully saturated rings. The molecule has 31 heavy (non-hydrogen) atoms. The average molecular weight is 422 g/mol. The summed E-state index contributed by atoms with van der Waals surface area (Å²) in [5.41, 5.74) is 2.45. The number of hydrogen-bond donors (Lipinski definition) is 1. The van der Waals surface area contributed by atoms with Crippen LogP contribution >= 0.6 is 0 Å². The number of anilines is 1. The Balaban J connectivity index is 1.28. The maximum atomic E-state index is 13.0. The number of carbonyl (C=O) groups is 2. The van der Waals surface area contributed by atoms with E-state index in [0.29, 0.717) is 19.6 Å². The summed E-state index contributed by atoms with van der Waals surface area (Å²) in [4.78, 5) is 36.0. The fourth-order valence-corrected chi connectivity index (χ4v) is 4.45. The lowest BCUT2D eigenvalue weighted by molar-refractivity contribution is -0.139. The summed E-state index contributed by atoms with van der Waals surface area (Å²) in [7, 11) is 0. The van der Waals surface area contributed by atoms with E-state index in [0.717, 1.165) is 44.7 Å². The Morgan fingerprint density at radius 1 is 1.00 bits per heavy atom. The first-order valence-corrected chi connectivity index (χ1v) is 11.2. The van der Waals surface area contributed by atoms with Crippen molar-refractivity contribution >= 4 is 17.5 Å². The van der Waals surface area contributed by atoms with Crippen molar-refractivity contribution in [3.63, 3.8) is 0 Å². The van der Waals surface area contributed by atoms with Crippen molar-refractivity contribution in [2.45, 2.75) is 25.3 Å². The first-order chi connectivity index (χ1) is 15.2. The van der Waals surface area contributed by atoms with Gasteiger partial charge in [0.15, 0.2) is 0 Å². The lowest BCUT2D eigenvalue weighted by atomic mass is 10.1. The molecule has 1 aromatic carbocycles. The summed E-state index contributed by atoms with van der Waals surface area (Å²) in [6, 6.07) is 14.0. The number of nitrogens with one attached hydrogen (secondary N) is 1. The lowest BCUT2D eigenvalue weighted by Gasteiger charge is -2.38. The summed E-state index contributed by atoms with van der Waals surface area (Å²) < 4.78 is 0. The number of hydrogen-bond acceptors (Lipinski definition) is 5. The van der Waals surface area contributed by atoms with Crippen LogP contribution in [0.4, 0.5) is 5.69 Å². The average Bonchev–Trinajstić information content (AvgIpc) is 2.82. The van der Waals surface area contributed by atoms with Gasteiger partial charge < -0.3 is 15.1 Å². The molecule has 1 N–H and O–H groups in total. The molecule has 2 aliphatic rings. The van der Waals surface area contributed by atoms with Crippen molar-refractivity contribution in [2.75, 3.05) is 50.7 Å². The van der Waals surface area contributed by atoms with Crippen molar-refractivity contribution < 1.29 is 9.59 Å². The first-order valence-electron chi connectivity index (χ1n) is 11.2. The van der Waals surface area contributed by atoms with Gasteiger partial charge in [-0.15, -0.1) is 0 Å². The van der Waals surface area contributed by atoms with Crippen LogP contribution < -0.4 is 10.2 Å². The van der Waals surface area contributed by atoms with Crippen LogP contribution in [0, 0.1) is 0 Å². The normalized spacial score (nSPS) is 19.9. The minimum Gasteiger partial charge on any atom is -0.368 e. The summed E-state index contributed by atoms with van der Waals surface area (Å²) in [6.07, 6.45) is 5.80. The number of aryl methyl sites for hydroxylation is 1. The Morgan fingerprint density at radius 2 is 1.74 bits per heavy atom. The fraction of sp³-hybridized carbons (Fsp3) is 0.458. The maximum Gasteiger partial charge on any atom is 0.237 e. The number of piperazine rings is 2. The number of nitrogens with zero attached hydrogens (tertiary/aromatic N) is 4. The SMILES string of the molecule is O=C1NCCN(CCCc2ccccc2)C1CC(=O)N1CCN(c2ccncc2)CC1. The second-order valence-corrected chi connectivity index (χ2v) is 8.21. The molecule has 0 bridgehead atoms. The Hall–Kier alpha value is -2.93. The zero-order valence-corrected chi connectivity index (χ0v) is 17.9. The molecular weight excluding hydrogens is 390 g/mol. The van der Waals surface area contributed by atoms with Gasteiger partial charge in [0.05, 0.1) is 12.5 Å². The van der Waals surface area contributed by atoms with Crippen LogP contribution in [0.25, 0.3) is 0 Å². The van der Waals surface area contributed by atoms with Crippen molar-refractivity contribution in [2.24, 2.45) is 0 Å². The summed E-state index contributed by atoms with van der Waals surface area (Å²) in [5, 5.41) is 2.94. The molecule has 0 spiro atoms. The van der Waals surface area contributed by atoms with Crippen LogP contribution in [0.2, 0.25) is 0 Å². The molecule has 1 aromatic heterocycles. The number of benzene rings is 1. The third kappa shape index (κ3) is 5.61. The van der Waals surface area contributed by atoms with E-state index in [1.807, 2.05) is 23.1 Å². The van der Waals surface area contributed by atoms with E-state index >= 15 is 0 Å². The predicted molar refractivity (Wildman–Crippen MR) is 121 cm³/mol. The van der Waals surface area contributed by atoms with E-state index in [1.54, 1.807) is 12.4 Å². The molecule has 4 rings (SSSR count). The van der Waals surface area contributed by atoms with E-state index in [-0.39, 0.29) is 24.3 Å². The Bertz CT molecular complexity index is 853. The third-order valence-electron chi connectivity index (χ3n) is 6.22. The summed E-state index contributed by atoms with van der Waals surface area (Å²) >= 11 is 0. The maximum absolute atomic E-state index is 13.0. The Kier molecular flexibility index (Phi) is 7.14. The number of rotatable bonds is 7. The quantitative estimate of drug-likeness (QED) is 0.735. The lowest BCUT2D eigenvalue weighted by Crippen LogP contribution is -2.57. The molecule has 2 amide bonds. The van der Waals surface area contributed by atoms with Gasteiger partial charge in [0.25, 0.3) is 0 Å². The van der Waals surface area contributed by atoms with Gasteiger partial charge in [0.1, 0.15) is 0 Å². The number of aromatic nitrogens is 1. The molecule has 2 aliphatic heterocycles. The highest BCUT2D eigenvalue weighted by Gasteiger charge is 2.33. The highest BCUT2D eigenvalue weighted by atomic mass is 16.2. The van der Waals surface area contributed by atoms with E-state index in [4.69, 9.17) is 0 Å². The van der Waals surface area contributed by atoms with Crippen LogP contribution in [0.15, 0.2) is 54.9 Å². The van der Waals surface area contributed by atoms with Crippen molar-refractivity contribution in [1.29, 1.82) is 0 Å². The van der Waals surface area contributed by atoms with Gasteiger partial charge in [-0.05, 0) is 37.1 Å². The van der Waals surface area contributed by atoms with E-state index in [9.17, 15) is 9.59 Å². The second-order valence-electron chi connectivity index (χ2n) is 8.21. The molecule has 7 nitrogen and oxygen atoms in total. The van der Waals surface area contributed by atoms with Crippen LogP contribution in [-0.4, -0.2) is 78.5 Å². The molecule has 0 aliphatic carbocycles. The fourth-order valence-electron chi connectivity index (χ4n) is 4.45. The highest BCUT2D eigenvalue weighted by Crippen LogP contribution is 2.17. The van der Waals surface area contributed by atoms with Crippen molar-refractivity contribution in [3.05, 3.63) is 60.4 Å². The van der Waals surface area contributed by atoms with Gasteiger partial charge in [-0.1, -0.05) is 30.3 Å². The first kappa shape index (κ1) is 21.3. The zero-order valence-electron chi connectivity index (χ0n) is 17.9. The monoisotopic (exact) mass is 421 g/mol. The van der Waals surface area contributed by atoms with E-state index in [1.165, 1.54) is 5.56 Å². The summed E-state index contributed by atoms with van der Waals surface area (Å²) in [6.45, 7) is 5.25. The molecule has 1 atom stereocenters. The van der Waals surface area contributed by atoms with Crippen LogP contribution in [-0.2, 0) is 16.0 Å². The molecule has 2 saturated heterocycles. The van der Waals surface area contributed by atoms with Gasteiger partial charge in [-0.3, -0.25) is 19.5 Å². The molecule has 0 saturated carbocycles. The van der Waals surface area contributed by atoms with E-state index in [2.05, 4.69) is 44.4 Å². The smallest absolute Gasteiger partial charge is 0.237 e. The number of amides is 2. The standard InChI is InChI=1S/C24H31N5O2/c30-23(29-17-15-27(16-18-29)21-8-10-25-11-9-21)19-22-24(31)26-12-14-28(22)13-4-7-20-5-2-1-3-6-20/h1-3,5-6,8-11,22H,4,7,12-19H2,(H,26,31). The number of pyridine rings is 1. The van der Waals surface area contributed by atoms with Gasteiger partial charge in [0, 0.05) is 57.3 Å². The minimum atomic E-state index is -0.366. The van der Waals surface area contributed by atoms with Gasteiger partial charge in [0.2, 0.25) is 11.8 Å². The van der Waals surface area contributed by atoms with E-state index < -0.39 is 0 Å². The summed E-state index contributed by atoms with van der Waals surface area (Å²) in [5.74, 6) is 0.0548. The largest absolute Gasteiger partial charge is 0.368 e. The van der Waals surface area contributed by atoms with Crippen molar-refractivity contribution in [3.8, 4) is 0 Å². The predicted octanol–water partition coefficient (Wildman–Crippen LogP) is 1.55.